The lowest BCUT2D eigenvalue weighted by molar-refractivity contribution is -0.104. The third kappa shape index (κ3) is 6.10. The molecule has 0 heterocycles. The van der Waals surface area contributed by atoms with Gasteiger partial charge in [0.15, 0.2) is 0 Å². The maximum Gasteiger partial charge on any atom is 0.142 e. The van der Waals surface area contributed by atoms with Gasteiger partial charge in [-0.1, -0.05) is 26.3 Å². The van der Waals surface area contributed by atoms with Gasteiger partial charge < -0.3 is 5.11 Å². The van der Waals surface area contributed by atoms with E-state index in [2.05, 4.69) is 13.8 Å². The minimum absolute atomic E-state index is 0.295. The average molecular weight is 170 g/mol. The highest BCUT2D eigenvalue weighted by Crippen LogP contribution is 2.11. The van der Waals surface area contributed by atoms with Crippen molar-refractivity contribution >= 4 is 6.29 Å². The van der Waals surface area contributed by atoms with Crippen molar-refractivity contribution in [2.45, 2.75) is 39.2 Å². The Morgan fingerprint density at radius 1 is 1.50 bits per heavy atom. The molecule has 2 atom stereocenters. The van der Waals surface area contributed by atoms with Gasteiger partial charge in [-0.25, -0.2) is 0 Å². The molecule has 0 fully saturated rings. The molecule has 0 aliphatic carbocycles. The molecule has 0 aromatic carbocycles. The Labute approximate surface area is 74.3 Å². The van der Waals surface area contributed by atoms with E-state index in [0.29, 0.717) is 12.3 Å². The predicted octanol–water partition coefficient (Wildman–Crippen LogP) is 1.93. The molecule has 0 rings (SSSR count). The summed E-state index contributed by atoms with van der Waals surface area (Å²) in [5.41, 5.74) is 0. The maximum atomic E-state index is 9.90. The van der Waals surface area contributed by atoms with Crippen LogP contribution < -0.4 is 0 Å². The van der Waals surface area contributed by atoms with E-state index >= 15 is 0 Å². The molecule has 0 aliphatic rings. The minimum Gasteiger partial charge on any atom is -0.393 e. The van der Waals surface area contributed by atoms with Gasteiger partial charge in [0.05, 0.1) is 6.10 Å². The molecule has 0 aromatic rings. The first kappa shape index (κ1) is 11.4. The number of hydrogen-bond donors (Lipinski definition) is 1. The molecule has 0 spiro atoms. The highest BCUT2D eigenvalue weighted by atomic mass is 16.3. The zero-order valence-corrected chi connectivity index (χ0v) is 7.86. The second-order valence-corrected chi connectivity index (χ2v) is 3.20. The van der Waals surface area contributed by atoms with Crippen LogP contribution in [-0.2, 0) is 4.79 Å². The molecule has 0 radical (unpaired) electrons. The zero-order valence-electron chi connectivity index (χ0n) is 7.86. The van der Waals surface area contributed by atoms with Crippen LogP contribution in [0.15, 0.2) is 12.2 Å². The molecule has 0 aromatic heterocycles. The number of aliphatic hydroxyl groups excluding tert-OH is 1. The van der Waals surface area contributed by atoms with E-state index in [1.807, 2.05) is 0 Å². The van der Waals surface area contributed by atoms with Crippen molar-refractivity contribution in [3.8, 4) is 0 Å². The lowest BCUT2D eigenvalue weighted by atomic mass is 9.99. The first-order chi connectivity index (χ1) is 5.70. The van der Waals surface area contributed by atoms with E-state index in [9.17, 15) is 9.90 Å². The van der Waals surface area contributed by atoms with Crippen LogP contribution in [0, 0.1) is 5.92 Å². The van der Waals surface area contributed by atoms with Gasteiger partial charge in [0.1, 0.15) is 6.29 Å². The number of carbonyl (C=O) groups excluding carboxylic acids is 1. The Morgan fingerprint density at radius 3 is 2.67 bits per heavy atom. The van der Waals surface area contributed by atoms with Crippen LogP contribution in [-0.4, -0.2) is 17.5 Å². The number of rotatable bonds is 6. The third-order valence-corrected chi connectivity index (χ3v) is 1.99. The van der Waals surface area contributed by atoms with Gasteiger partial charge in [-0.3, -0.25) is 4.79 Å². The molecule has 0 aliphatic heterocycles. The average Bonchev–Trinajstić information content (AvgIpc) is 2.05. The van der Waals surface area contributed by atoms with Crippen LogP contribution in [0.3, 0.4) is 0 Å². The zero-order chi connectivity index (χ0) is 9.40. The van der Waals surface area contributed by atoms with Crippen LogP contribution >= 0.6 is 0 Å². The molecule has 2 unspecified atom stereocenters. The Balaban J connectivity index is 3.51. The fourth-order valence-corrected chi connectivity index (χ4v) is 1.02. The van der Waals surface area contributed by atoms with Gasteiger partial charge in [-0.15, -0.1) is 0 Å². The van der Waals surface area contributed by atoms with Gasteiger partial charge in [-0.05, 0) is 24.8 Å². The molecule has 1 N–H and O–H groups in total. The van der Waals surface area contributed by atoms with Crippen molar-refractivity contribution < 1.29 is 9.90 Å². The van der Waals surface area contributed by atoms with E-state index < -0.39 is 0 Å². The summed E-state index contributed by atoms with van der Waals surface area (Å²) in [4.78, 5) is 9.90. The molecule has 70 valence electrons. The summed E-state index contributed by atoms with van der Waals surface area (Å²) in [6.07, 6.45) is 6.07. The van der Waals surface area contributed by atoms with Gasteiger partial charge in [-0.2, -0.15) is 0 Å². The normalized spacial score (nSPS) is 16.2. The Hall–Kier alpha value is -0.630. The molecule has 0 saturated heterocycles. The summed E-state index contributed by atoms with van der Waals surface area (Å²) in [6, 6.07) is 0. The van der Waals surface area contributed by atoms with E-state index in [-0.39, 0.29) is 6.10 Å². The van der Waals surface area contributed by atoms with E-state index in [1.54, 1.807) is 6.08 Å². The Bertz CT molecular complexity index is 141. The van der Waals surface area contributed by atoms with Crippen LogP contribution in [0.1, 0.15) is 33.1 Å². The molecular formula is C10H18O2. The first-order valence-electron chi connectivity index (χ1n) is 4.49. The third-order valence-electron chi connectivity index (χ3n) is 1.99. The SMILES string of the molecule is CCC(C)CC(O)CC=CC=O. The topological polar surface area (TPSA) is 37.3 Å². The van der Waals surface area contributed by atoms with Crippen molar-refractivity contribution in [1.82, 2.24) is 0 Å². The molecule has 12 heavy (non-hydrogen) atoms. The number of hydrogen-bond acceptors (Lipinski definition) is 2. The molecule has 0 saturated carbocycles. The van der Waals surface area contributed by atoms with Crippen molar-refractivity contribution in [1.29, 1.82) is 0 Å². The van der Waals surface area contributed by atoms with Crippen LogP contribution in [0.2, 0.25) is 0 Å². The fourth-order valence-electron chi connectivity index (χ4n) is 1.02. The number of carbonyl (C=O) groups is 1. The second-order valence-electron chi connectivity index (χ2n) is 3.20. The van der Waals surface area contributed by atoms with E-state index in [1.165, 1.54) is 6.08 Å². The smallest absolute Gasteiger partial charge is 0.142 e. The maximum absolute atomic E-state index is 9.90. The van der Waals surface area contributed by atoms with Gasteiger partial charge in [0.25, 0.3) is 0 Å². The van der Waals surface area contributed by atoms with Crippen molar-refractivity contribution in [2.75, 3.05) is 0 Å². The van der Waals surface area contributed by atoms with E-state index in [0.717, 1.165) is 19.1 Å². The molecule has 0 amide bonds. The number of aliphatic hydroxyl groups is 1. The van der Waals surface area contributed by atoms with Crippen LogP contribution in [0.4, 0.5) is 0 Å². The summed E-state index contributed by atoms with van der Waals surface area (Å²) in [6.45, 7) is 4.23. The minimum atomic E-state index is -0.295. The lowest BCUT2D eigenvalue weighted by Gasteiger charge is -2.12. The Morgan fingerprint density at radius 2 is 2.17 bits per heavy atom. The molecule has 2 nitrogen and oxygen atoms in total. The number of allylic oxidation sites excluding steroid dienone is 1. The van der Waals surface area contributed by atoms with Crippen LogP contribution in [0.5, 0.6) is 0 Å². The molecular weight excluding hydrogens is 152 g/mol. The molecule has 0 bridgehead atoms. The predicted molar refractivity (Wildman–Crippen MR) is 49.9 cm³/mol. The Kier molecular flexibility index (Phi) is 6.67. The summed E-state index contributed by atoms with van der Waals surface area (Å²) >= 11 is 0. The van der Waals surface area contributed by atoms with E-state index in [4.69, 9.17) is 0 Å². The van der Waals surface area contributed by atoms with Gasteiger partial charge in [0.2, 0.25) is 0 Å². The summed E-state index contributed by atoms with van der Waals surface area (Å²) in [5.74, 6) is 0.560. The fraction of sp³-hybridized carbons (Fsp3) is 0.700. The highest BCUT2D eigenvalue weighted by Gasteiger charge is 2.06. The largest absolute Gasteiger partial charge is 0.393 e. The standard InChI is InChI=1S/C10H18O2/c1-3-9(2)8-10(12)6-4-5-7-11/h4-5,7,9-10,12H,3,6,8H2,1-2H3. The van der Waals surface area contributed by atoms with Gasteiger partial charge in [0, 0.05) is 0 Å². The van der Waals surface area contributed by atoms with Crippen molar-refractivity contribution in [3.05, 3.63) is 12.2 Å². The first-order valence-corrected chi connectivity index (χ1v) is 4.49. The van der Waals surface area contributed by atoms with Gasteiger partial charge >= 0.3 is 0 Å². The summed E-state index contributed by atoms with van der Waals surface area (Å²) in [7, 11) is 0. The second kappa shape index (κ2) is 7.04. The highest BCUT2D eigenvalue weighted by molar-refractivity contribution is 5.64. The summed E-state index contributed by atoms with van der Waals surface area (Å²) < 4.78 is 0. The number of aldehydes is 1. The molecule has 2 heteroatoms. The van der Waals surface area contributed by atoms with Crippen LogP contribution in [0.25, 0.3) is 0 Å². The quantitative estimate of drug-likeness (QED) is 0.488. The lowest BCUT2D eigenvalue weighted by Crippen LogP contribution is -2.09. The summed E-state index contributed by atoms with van der Waals surface area (Å²) in [5, 5.41) is 9.41. The monoisotopic (exact) mass is 170 g/mol. The van der Waals surface area contributed by atoms with Crippen molar-refractivity contribution in [3.63, 3.8) is 0 Å². The van der Waals surface area contributed by atoms with Crippen molar-refractivity contribution in [2.24, 2.45) is 5.92 Å².